The summed E-state index contributed by atoms with van der Waals surface area (Å²) in [7, 11) is 0. The Kier molecular flexibility index (Phi) is 5.19. The molecule has 3 aromatic rings. The van der Waals surface area contributed by atoms with Crippen LogP contribution >= 0.6 is 0 Å². The zero-order valence-corrected chi connectivity index (χ0v) is 14.8. The van der Waals surface area contributed by atoms with Gasteiger partial charge in [-0.3, -0.25) is 9.48 Å². The predicted molar refractivity (Wildman–Crippen MR) is 97.2 cm³/mol. The molecule has 0 radical (unpaired) electrons. The van der Waals surface area contributed by atoms with Crippen molar-refractivity contribution in [2.24, 2.45) is 0 Å². The maximum atomic E-state index is 12.2. The van der Waals surface area contributed by atoms with E-state index in [0.29, 0.717) is 0 Å². The highest BCUT2D eigenvalue weighted by Gasteiger charge is 2.17. The van der Waals surface area contributed by atoms with Crippen LogP contribution in [0.3, 0.4) is 0 Å². The molecule has 0 spiro atoms. The summed E-state index contributed by atoms with van der Waals surface area (Å²) in [6.07, 6.45) is 3.68. The normalized spacial score (nSPS) is 15.0. The topological polar surface area (TPSA) is 72.1 Å². The molecule has 3 rings (SSSR count). The second kappa shape index (κ2) is 7.53. The van der Waals surface area contributed by atoms with Gasteiger partial charge in [0.05, 0.1) is 18.6 Å². The predicted octanol–water partition coefficient (Wildman–Crippen LogP) is 3.05. The fourth-order valence-corrected chi connectivity index (χ4v) is 2.75. The van der Waals surface area contributed by atoms with E-state index in [9.17, 15) is 4.79 Å². The lowest BCUT2D eigenvalue weighted by atomic mass is 10.1. The van der Waals surface area contributed by atoms with Crippen molar-refractivity contribution in [3.8, 4) is 0 Å². The van der Waals surface area contributed by atoms with Crippen molar-refractivity contribution in [3.05, 3.63) is 54.6 Å². The number of rotatable bonds is 7. The maximum absolute atomic E-state index is 12.2. The molecule has 2 N–H and O–H groups in total. The summed E-state index contributed by atoms with van der Waals surface area (Å²) in [6, 6.07) is 11.8. The number of hydrogen-bond acceptors (Lipinski definition) is 4. The molecule has 0 aliphatic carbocycles. The summed E-state index contributed by atoms with van der Waals surface area (Å²) in [5, 5.41) is 11.5. The van der Waals surface area contributed by atoms with Gasteiger partial charge in [0.25, 0.3) is 0 Å². The van der Waals surface area contributed by atoms with E-state index in [-0.39, 0.29) is 30.6 Å². The molecule has 132 valence electrons. The number of carbonyl (C=O) groups excluding carboxylic acids is 1. The minimum absolute atomic E-state index is 0.0625. The molecule has 0 aliphatic rings. The Balaban J connectivity index is 1.51. The van der Waals surface area contributed by atoms with Gasteiger partial charge in [0, 0.05) is 23.8 Å². The van der Waals surface area contributed by atoms with Crippen molar-refractivity contribution in [1.29, 1.82) is 0 Å². The van der Waals surface area contributed by atoms with Gasteiger partial charge in [-0.05, 0) is 39.0 Å². The average Bonchev–Trinajstić information content (AvgIpc) is 3.28. The SMILES string of the molecule is C[C@H](NC(=O)CN[C@@H](C)[C@H](C)n1cccn1)c1cc2ccccc2o1. The summed E-state index contributed by atoms with van der Waals surface area (Å²) >= 11 is 0. The summed E-state index contributed by atoms with van der Waals surface area (Å²) in [5.41, 5.74) is 0.832. The van der Waals surface area contributed by atoms with E-state index in [4.69, 9.17) is 4.42 Å². The third-order valence-corrected chi connectivity index (χ3v) is 4.50. The smallest absolute Gasteiger partial charge is 0.234 e. The number of amides is 1. The zero-order chi connectivity index (χ0) is 17.8. The number of aromatic nitrogens is 2. The molecular weight excluding hydrogens is 316 g/mol. The highest BCUT2D eigenvalue weighted by molar-refractivity contribution is 5.80. The molecular formula is C19H24N4O2. The van der Waals surface area contributed by atoms with E-state index in [1.165, 1.54) is 0 Å². The van der Waals surface area contributed by atoms with E-state index < -0.39 is 0 Å². The minimum atomic E-state index is -0.180. The van der Waals surface area contributed by atoms with E-state index in [2.05, 4.69) is 22.7 Å². The van der Waals surface area contributed by atoms with E-state index in [1.54, 1.807) is 6.20 Å². The first kappa shape index (κ1) is 17.2. The summed E-state index contributed by atoms with van der Waals surface area (Å²) in [4.78, 5) is 12.2. The van der Waals surface area contributed by atoms with Crippen molar-refractivity contribution in [3.63, 3.8) is 0 Å². The van der Waals surface area contributed by atoms with Crippen LogP contribution in [0.15, 0.2) is 53.2 Å². The number of benzene rings is 1. The molecule has 1 amide bonds. The van der Waals surface area contributed by atoms with Gasteiger partial charge in [-0.1, -0.05) is 18.2 Å². The number of hydrogen-bond donors (Lipinski definition) is 2. The van der Waals surface area contributed by atoms with Crippen molar-refractivity contribution in [2.75, 3.05) is 6.54 Å². The van der Waals surface area contributed by atoms with Crippen LogP contribution in [-0.4, -0.2) is 28.3 Å². The lowest BCUT2D eigenvalue weighted by Gasteiger charge is -2.22. The molecule has 25 heavy (non-hydrogen) atoms. The molecule has 0 bridgehead atoms. The van der Waals surface area contributed by atoms with Gasteiger partial charge in [-0.2, -0.15) is 5.10 Å². The number of carbonyl (C=O) groups is 1. The third-order valence-electron chi connectivity index (χ3n) is 4.50. The van der Waals surface area contributed by atoms with Crippen molar-refractivity contribution in [2.45, 2.75) is 38.9 Å². The summed E-state index contributed by atoms with van der Waals surface area (Å²) in [5.74, 6) is 0.694. The van der Waals surface area contributed by atoms with Crippen LogP contribution in [0.4, 0.5) is 0 Å². The number of nitrogens with zero attached hydrogens (tertiary/aromatic N) is 2. The van der Waals surface area contributed by atoms with E-state index >= 15 is 0 Å². The van der Waals surface area contributed by atoms with Crippen LogP contribution in [0, 0.1) is 0 Å². The highest BCUT2D eigenvalue weighted by atomic mass is 16.3. The lowest BCUT2D eigenvalue weighted by Crippen LogP contribution is -2.41. The number of para-hydroxylation sites is 1. The lowest BCUT2D eigenvalue weighted by molar-refractivity contribution is -0.121. The van der Waals surface area contributed by atoms with Gasteiger partial charge in [-0.15, -0.1) is 0 Å². The summed E-state index contributed by atoms with van der Waals surface area (Å²) in [6.45, 7) is 6.28. The van der Waals surface area contributed by atoms with E-state index in [1.807, 2.05) is 61.1 Å². The maximum Gasteiger partial charge on any atom is 0.234 e. The van der Waals surface area contributed by atoms with Crippen molar-refractivity contribution in [1.82, 2.24) is 20.4 Å². The molecule has 0 saturated heterocycles. The Bertz CT molecular complexity index is 792. The Morgan fingerprint density at radius 1 is 1.24 bits per heavy atom. The van der Waals surface area contributed by atoms with Crippen LogP contribution in [0.25, 0.3) is 11.0 Å². The monoisotopic (exact) mass is 340 g/mol. The Hall–Kier alpha value is -2.60. The molecule has 0 saturated carbocycles. The summed E-state index contributed by atoms with van der Waals surface area (Å²) < 4.78 is 7.68. The zero-order valence-electron chi connectivity index (χ0n) is 14.8. The molecule has 1 aromatic carbocycles. The molecule has 6 heteroatoms. The minimum Gasteiger partial charge on any atom is -0.459 e. The number of fused-ring (bicyclic) bond motifs is 1. The highest BCUT2D eigenvalue weighted by Crippen LogP contribution is 2.23. The molecule has 2 heterocycles. The largest absolute Gasteiger partial charge is 0.459 e. The molecule has 3 atom stereocenters. The average molecular weight is 340 g/mol. The Morgan fingerprint density at radius 3 is 2.76 bits per heavy atom. The molecule has 0 fully saturated rings. The second-order valence-electron chi connectivity index (χ2n) is 6.37. The first-order valence-corrected chi connectivity index (χ1v) is 8.55. The first-order chi connectivity index (χ1) is 12.0. The quantitative estimate of drug-likeness (QED) is 0.693. The standard InChI is InChI=1S/C19H24N4O2/c1-13(15(3)23-10-6-9-21-23)20-12-19(24)22-14(2)18-11-16-7-4-5-8-17(16)25-18/h4-11,13-15,20H,12H2,1-3H3,(H,22,24)/t13-,14-,15-/m0/s1. The third kappa shape index (κ3) is 4.09. The van der Waals surface area contributed by atoms with Crippen molar-refractivity contribution < 1.29 is 9.21 Å². The van der Waals surface area contributed by atoms with Gasteiger partial charge in [0.1, 0.15) is 11.3 Å². The molecule has 6 nitrogen and oxygen atoms in total. The second-order valence-corrected chi connectivity index (χ2v) is 6.37. The van der Waals surface area contributed by atoms with Crippen molar-refractivity contribution >= 4 is 16.9 Å². The van der Waals surface area contributed by atoms with Crippen LogP contribution in [0.2, 0.25) is 0 Å². The number of nitrogens with one attached hydrogen (secondary N) is 2. The van der Waals surface area contributed by atoms with Gasteiger partial charge in [-0.25, -0.2) is 0 Å². The fourth-order valence-electron chi connectivity index (χ4n) is 2.75. The fraction of sp³-hybridized carbons (Fsp3) is 0.368. The van der Waals surface area contributed by atoms with Gasteiger partial charge < -0.3 is 15.1 Å². The van der Waals surface area contributed by atoms with Crippen LogP contribution in [0.5, 0.6) is 0 Å². The Labute approximate surface area is 147 Å². The molecule has 0 unspecified atom stereocenters. The van der Waals surface area contributed by atoms with Crippen LogP contribution in [-0.2, 0) is 4.79 Å². The van der Waals surface area contributed by atoms with Crippen LogP contribution < -0.4 is 10.6 Å². The number of furan rings is 1. The Morgan fingerprint density at radius 2 is 2.04 bits per heavy atom. The molecule has 0 aliphatic heterocycles. The van der Waals surface area contributed by atoms with Gasteiger partial charge in [0.2, 0.25) is 5.91 Å². The first-order valence-electron chi connectivity index (χ1n) is 8.55. The van der Waals surface area contributed by atoms with Crippen LogP contribution in [0.1, 0.15) is 38.6 Å². The van der Waals surface area contributed by atoms with Gasteiger partial charge in [0.15, 0.2) is 0 Å². The molecule has 2 aromatic heterocycles. The van der Waals surface area contributed by atoms with Gasteiger partial charge >= 0.3 is 0 Å². The van der Waals surface area contributed by atoms with E-state index in [0.717, 1.165) is 16.7 Å².